The number of halogens is 2. The van der Waals surface area contributed by atoms with Crippen LogP contribution >= 0.6 is 22.7 Å². The summed E-state index contributed by atoms with van der Waals surface area (Å²) in [5, 5.41) is 20.4. The number of fused-ring (bicyclic) bond motifs is 6. The molecule has 0 unspecified atom stereocenters. The second kappa shape index (κ2) is 15.9. The SMILES string of the molecule is NCc1ccc2c(c1)nc(Nc1cccc(F)c1)c1ccsc12.O=C(NCc1ccc2c(c1)nc(Nc1cccc(F)c1)c1ccsc12)Nc1ccccc1. The Bertz CT molecular complexity index is 2810. The summed E-state index contributed by atoms with van der Waals surface area (Å²) in [6.45, 7) is 0.845. The first-order valence-electron chi connectivity index (χ1n) is 17.3. The lowest BCUT2D eigenvalue weighted by molar-refractivity contribution is 0.251. The molecule has 4 heterocycles. The van der Waals surface area contributed by atoms with Gasteiger partial charge in [0.2, 0.25) is 0 Å². The molecule has 8 nitrogen and oxygen atoms in total. The molecular formula is C43H33F2N7OS2. The van der Waals surface area contributed by atoms with Gasteiger partial charge >= 0.3 is 6.03 Å². The lowest BCUT2D eigenvalue weighted by atomic mass is 10.1. The molecule has 0 fully saturated rings. The summed E-state index contributed by atoms with van der Waals surface area (Å²) < 4.78 is 29.3. The largest absolute Gasteiger partial charge is 0.340 e. The van der Waals surface area contributed by atoms with Gasteiger partial charge in [-0.15, -0.1) is 22.7 Å². The van der Waals surface area contributed by atoms with Gasteiger partial charge < -0.3 is 27.0 Å². The maximum atomic E-state index is 13.6. The number of urea groups is 1. The molecule has 5 aromatic carbocycles. The lowest BCUT2D eigenvalue weighted by Gasteiger charge is -2.11. The van der Waals surface area contributed by atoms with Crippen LogP contribution in [0.2, 0.25) is 0 Å². The number of carbonyl (C=O) groups excluding carboxylic acids is 1. The van der Waals surface area contributed by atoms with Gasteiger partial charge in [-0.1, -0.05) is 54.6 Å². The van der Waals surface area contributed by atoms with E-state index in [1.165, 1.54) is 24.3 Å². The summed E-state index contributed by atoms with van der Waals surface area (Å²) in [7, 11) is 0. The number of nitrogens with one attached hydrogen (secondary N) is 4. The van der Waals surface area contributed by atoms with Crippen LogP contribution in [0.25, 0.3) is 42.0 Å². The second-order valence-electron chi connectivity index (χ2n) is 12.6. The first-order valence-corrected chi connectivity index (χ1v) is 19.1. The Morgan fingerprint density at radius 2 is 1.11 bits per heavy atom. The van der Waals surface area contributed by atoms with Crippen molar-refractivity contribution in [3.05, 3.63) is 161 Å². The molecule has 0 aliphatic heterocycles. The fourth-order valence-corrected chi connectivity index (χ4v) is 8.07. The average molecular weight is 766 g/mol. The monoisotopic (exact) mass is 765 g/mol. The highest BCUT2D eigenvalue weighted by Crippen LogP contribution is 2.36. The van der Waals surface area contributed by atoms with E-state index in [4.69, 9.17) is 15.7 Å². The van der Waals surface area contributed by atoms with Crippen LogP contribution in [0.3, 0.4) is 0 Å². The van der Waals surface area contributed by atoms with Crippen molar-refractivity contribution in [1.82, 2.24) is 15.3 Å². The Morgan fingerprint density at radius 1 is 0.582 bits per heavy atom. The Hall–Kier alpha value is -6.47. The molecule has 6 N–H and O–H groups in total. The number of thiophene rings is 2. The Kier molecular flexibility index (Phi) is 10.3. The number of pyridine rings is 2. The molecule has 9 aromatic rings. The van der Waals surface area contributed by atoms with Crippen LogP contribution in [0.4, 0.5) is 42.3 Å². The van der Waals surface area contributed by atoms with Gasteiger partial charge in [0.1, 0.15) is 23.3 Å². The van der Waals surface area contributed by atoms with E-state index in [0.717, 1.165) is 64.6 Å². The predicted octanol–water partition coefficient (Wildman–Crippen LogP) is 11.4. The molecule has 0 aliphatic carbocycles. The topological polar surface area (TPSA) is 117 Å². The number of para-hydroxylation sites is 1. The molecule has 0 aliphatic rings. The quantitative estimate of drug-likeness (QED) is 0.105. The van der Waals surface area contributed by atoms with Crippen LogP contribution in [-0.2, 0) is 13.1 Å². The first-order chi connectivity index (χ1) is 26.9. The first kappa shape index (κ1) is 35.6. The molecule has 9 rings (SSSR count). The third-order valence-electron chi connectivity index (χ3n) is 8.81. The van der Waals surface area contributed by atoms with Crippen molar-refractivity contribution in [2.24, 2.45) is 5.73 Å². The van der Waals surface area contributed by atoms with Gasteiger partial charge in [0.05, 0.1) is 11.0 Å². The molecule has 12 heteroatoms. The smallest absolute Gasteiger partial charge is 0.319 e. The number of nitrogens with zero attached hydrogens (tertiary/aromatic N) is 2. The molecular weight excluding hydrogens is 733 g/mol. The van der Waals surface area contributed by atoms with Gasteiger partial charge in [-0.25, -0.2) is 23.5 Å². The van der Waals surface area contributed by atoms with Crippen LogP contribution < -0.4 is 27.0 Å². The summed E-state index contributed by atoms with van der Waals surface area (Å²) in [5.41, 5.74) is 11.5. The van der Waals surface area contributed by atoms with E-state index in [1.54, 1.807) is 40.9 Å². The van der Waals surface area contributed by atoms with Crippen molar-refractivity contribution < 1.29 is 13.6 Å². The fraction of sp³-hybridized carbons (Fsp3) is 0.0465. The third kappa shape index (κ3) is 8.06. The summed E-state index contributed by atoms with van der Waals surface area (Å²) >= 11 is 3.31. The van der Waals surface area contributed by atoms with Crippen molar-refractivity contribution >= 4 is 99.4 Å². The van der Waals surface area contributed by atoms with Crippen molar-refractivity contribution in [2.75, 3.05) is 16.0 Å². The third-order valence-corrected chi connectivity index (χ3v) is 10.7. The molecule has 0 saturated carbocycles. The fourth-order valence-electron chi connectivity index (χ4n) is 6.21. The summed E-state index contributed by atoms with van der Waals surface area (Å²) in [4.78, 5) is 21.7. The molecule has 2 amide bonds. The zero-order valence-electron chi connectivity index (χ0n) is 29.1. The van der Waals surface area contributed by atoms with Crippen LogP contribution in [0.15, 0.2) is 138 Å². The van der Waals surface area contributed by atoms with Crippen molar-refractivity contribution in [1.29, 1.82) is 0 Å². The van der Waals surface area contributed by atoms with E-state index in [9.17, 15) is 13.6 Å². The van der Waals surface area contributed by atoms with Crippen molar-refractivity contribution in [3.8, 4) is 0 Å². The highest BCUT2D eigenvalue weighted by Gasteiger charge is 2.13. The molecule has 55 heavy (non-hydrogen) atoms. The molecule has 272 valence electrons. The number of rotatable bonds is 8. The minimum absolute atomic E-state index is 0.272. The van der Waals surface area contributed by atoms with Gasteiger partial charge in [-0.3, -0.25) is 0 Å². The van der Waals surface area contributed by atoms with E-state index >= 15 is 0 Å². The maximum Gasteiger partial charge on any atom is 0.319 e. The molecule has 4 aromatic heterocycles. The summed E-state index contributed by atoms with van der Waals surface area (Å²) in [6.07, 6.45) is 0. The molecule has 0 radical (unpaired) electrons. The van der Waals surface area contributed by atoms with Gasteiger partial charge in [-0.05, 0) is 94.7 Å². The molecule has 0 spiro atoms. The van der Waals surface area contributed by atoms with Crippen molar-refractivity contribution in [2.45, 2.75) is 13.1 Å². The molecule has 0 atom stereocenters. The minimum Gasteiger partial charge on any atom is -0.340 e. The number of aromatic nitrogens is 2. The number of carbonyl (C=O) groups is 1. The number of benzene rings is 5. The average Bonchev–Trinajstić information content (AvgIpc) is 3.90. The predicted molar refractivity (Wildman–Crippen MR) is 224 cm³/mol. The highest BCUT2D eigenvalue weighted by atomic mass is 32.1. The lowest BCUT2D eigenvalue weighted by Crippen LogP contribution is -2.28. The van der Waals surface area contributed by atoms with Gasteiger partial charge in [0.25, 0.3) is 0 Å². The van der Waals surface area contributed by atoms with E-state index < -0.39 is 0 Å². The number of anilines is 5. The highest BCUT2D eigenvalue weighted by molar-refractivity contribution is 7.18. The summed E-state index contributed by atoms with van der Waals surface area (Å²) in [6, 6.07) is 37.8. The Labute approximate surface area is 322 Å². The normalized spacial score (nSPS) is 11.0. The van der Waals surface area contributed by atoms with Crippen LogP contribution in [0.5, 0.6) is 0 Å². The number of nitrogens with two attached hydrogens (primary N) is 1. The Morgan fingerprint density at radius 3 is 1.65 bits per heavy atom. The summed E-state index contributed by atoms with van der Waals surface area (Å²) in [5.74, 6) is 0.821. The molecule has 0 saturated heterocycles. The van der Waals surface area contributed by atoms with Gasteiger partial charge in [0.15, 0.2) is 0 Å². The van der Waals surface area contributed by atoms with E-state index in [1.807, 2.05) is 89.6 Å². The van der Waals surface area contributed by atoms with Crippen molar-refractivity contribution in [3.63, 3.8) is 0 Å². The number of hydrogen-bond acceptors (Lipinski definition) is 8. The van der Waals surface area contributed by atoms with Crippen LogP contribution in [-0.4, -0.2) is 16.0 Å². The molecule has 0 bridgehead atoms. The van der Waals surface area contributed by atoms with Crippen LogP contribution in [0.1, 0.15) is 11.1 Å². The van der Waals surface area contributed by atoms with E-state index in [0.29, 0.717) is 30.3 Å². The second-order valence-corrected chi connectivity index (χ2v) is 14.4. The van der Waals surface area contributed by atoms with E-state index in [2.05, 4.69) is 27.3 Å². The van der Waals surface area contributed by atoms with Gasteiger partial charge in [-0.2, -0.15) is 0 Å². The zero-order valence-corrected chi connectivity index (χ0v) is 30.8. The zero-order chi connectivity index (χ0) is 37.7. The number of amides is 2. The van der Waals surface area contributed by atoms with Crippen LogP contribution in [0, 0.1) is 11.6 Å². The Balaban J connectivity index is 0.000000164. The maximum absolute atomic E-state index is 13.6. The number of hydrogen-bond donors (Lipinski definition) is 5. The van der Waals surface area contributed by atoms with Gasteiger partial charge in [0, 0.05) is 61.1 Å². The minimum atomic E-state index is -0.306. The standard InChI is InChI=1S/C25H19FN4OS.C18H14FN3S/c26-17-5-4-8-19(14-17)28-24-21-11-12-32-23(21)20-10-9-16(13-22(20)30-24)15-27-25(31)29-18-6-2-1-3-7-18;19-12-2-1-3-13(9-12)21-18-15-6-7-23-17(15)14-5-4-11(10-20)8-16(14)22-18/h1-14H,15H2,(H,28,30)(H2,27,29,31);1-9H,10,20H2,(H,21,22). The van der Waals surface area contributed by atoms with E-state index in [-0.39, 0.29) is 17.7 Å².